The highest BCUT2D eigenvalue weighted by molar-refractivity contribution is 7.98. The predicted octanol–water partition coefficient (Wildman–Crippen LogP) is 3.22. The number of nitrogen functional groups attached to an aromatic ring is 1. The molecule has 2 rings (SSSR count). The standard InChI is InChI=1S/C19H22F3N7OS/c1-31-17-13(10-24)15(28-18(25)29-17)27-14(7-2-3-8-23)16(30)26-12-6-4-5-11(9-12)19(20,21)22/h4-6,9,14H,2-3,7-8,23H2,1H3,(H,26,30)(H3,25,27,28,29). The van der Waals surface area contributed by atoms with E-state index in [-0.39, 0.29) is 23.0 Å². The molecule has 12 heteroatoms. The summed E-state index contributed by atoms with van der Waals surface area (Å²) in [5, 5.41) is 15.2. The topological polar surface area (TPSA) is 143 Å². The van der Waals surface area contributed by atoms with Crippen molar-refractivity contribution < 1.29 is 18.0 Å². The Morgan fingerprint density at radius 3 is 2.68 bits per heavy atom. The van der Waals surface area contributed by atoms with Gasteiger partial charge in [0.2, 0.25) is 11.9 Å². The number of nitrogens with one attached hydrogen (secondary N) is 2. The Bertz CT molecular complexity index is 962. The van der Waals surface area contributed by atoms with E-state index >= 15 is 0 Å². The van der Waals surface area contributed by atoms with Crippen molar-refractivity contribution in [3.05, 3.63) is 35.4 Å². The lowest BCUT2D eigenvalue weighted by molar-refractivity contribution is -0.137. The number of halogens is 3. The van der Waals surface area contributed by atoms with Crippen LogP contribution in [0.4, 0.5) is 30.6 Å². The first kappa shape index (κ1) is 24.2. The molecule has 0 aliphatic heterocycles. The number of nitriles is 1. The molecule has 0 saturated carbocycles. The zero-order valence-electron chi connectivity index (χ0n) is 16.7. The van der Waals surface area contributed by atoms with Gasteiger partial charge in [0, 0.05) is 5.69 Å². The van der Waals surface area contributed by atoms with E-state index in [0.717, 1.165) is 12.1 Å². The third-order valence-electron chi connectivity index (χ3n) is 4.23. The minimum atomic E-state index is -4.53. The number of nitrogens with two attached hydrogens (primary N) is 2. The Hall–Kier alpha value is -3.04. The number of amides is 1. The van der Waals surface area contributed by atoms with Crippen molar-refractivity contribution in [2.75, 3.05) is 29.2 Å². The first-order chi connectivity index (χ1) is 14.7. The Kier molecular flexibility index (Phi) is 8.47. The number of carbonyl (C=O) groups is 1. The Labute approximate surface area is 181 Å². The van der Waals surface area contributed by atoms with E-state index in [9.17, 15) is 23.2 Å². The molecule has 166 valence electrons. The van der Waals surface area contributed by atoms with Gasteiger partial charge in [0.15, 0.2) is 5.82 Å². The van der Waals surface area contributed by atoms with Gasteiger partial charge in [-0.15, -0.1) is 11.8 Å². The van der Waals surface area contributed by atoms with E-state index in [1.54, 1.807) is 6.26 Å². The molecule has 1 atom stereocenters. The number of alkyl halides is 3. The van der Waals surface area contributed by atoms with Crippen molar-refractivity contribution in [1.82, 2.24) is 9.97 Å². The molecule has 0 saturated heterocycles. The van der Waals surface area contributed by atoms with E-state index in [1.807, 2.05) is 6.07 Å². The fourth-order valence-electron chi connectivity index (χ4n) is 2.74. The molecular weight excluding hydrogens is 431 g/mol. The molecule has 0 spiro atoms. The number of hydrogen-bond donors (Lipinski definition) is 4. The number of benzene rings is 1. The van der Waals surface area contributed by atoms with E-state index in [4.69, 9.17) is 11.5 Å². The van der Waals surface area contributed by atoms with Gasteiger partial charge in [-0.05, 0) is 50.3 Å². The molecule has 8 nitrogen and oxygen atoms in total. The maximum Gasteiger partial charge on any atom is 0.416 e. The quantitative estimate of drug-likeness (QED) is 0.257. The van der Waals surface area contributed by atoms with Gasteiger partial charge in [-0.1, -0.05) is 6.07 Å². The first-order valence-corrected chi connectivity index (χ1v) is 10.5. The monoisotopic (exact) mass is 453 g/mol. The number of anilines is 3. The van der Waals surface area contributed by atoms with Gasteiger partial charge >= 0.3 is 6.18 Å². The smallest absolute Gasteiger partial charge is 0.368 e. The van der Waals surface area contributed by atoms with Gasteiger partial charge in [0.1, 0.15) is 22.7 Å². The van der Waals surface area contributed by atoms with Crippen molar-refractivity contribution >= 4 is 35.1 Å². The minimum absolute atomic E-state index is 0.00189. The van der Waals surface area contributed by atoms with E-state index in [1.165, 1.54) is 23.9 Å². The van der Waals surface area contributed by atoms with Crippen LogP contribution in [0.25, 0.3) is 0 Å². The molecule has 1 unspecified atom stereocenters. The van der Waals surface area contributed by atoms with Gasteiger partial charge in [-0.3, -0.25) is 4.79 Å². The molecule has 31 heavy (non-hydrogen) atoms. The largest absolute Gasteiger partial charge is 0.416 e. The average molecular weight is 453 g/mol. The van der Waals surface area contributed by atoms with E-state index in [0.29, 0.717) is 30.8 Å². The summed E-state index contributed by atoms with van der Waals surface area (Å²) in [6, 6.07) is 5.43. The third kappa shape index (κ3) is 6.73. The maximum absolute atomic E-state index is 13.0. The molecule has 1 heterocycles. The van der Waals surface area contributed by atoms with Crippen molar-refractivity contribution in [1.29, 1.82) is 5.26 Å². The van der Waals surface area contributed by atoms with Crippen LogP contribution in [0.2, 0.25) is 0 Å². The number of hydrogen-bond acceptors (Lipinski definition) is 8. The van der Waals surface area contributed by atoms with Crippen LogP contribution in [0, 0.1) is 11.3 Å². The first-order valence-electron chi connectivity index (χ1n) is 9.26. The summed E-state index contributed by atoms with van der Waals surface area (Å²) < 4.78 is 38.9. The number of aromatic nitrogens is 2. The summed E-state index contributed by atoms with van der Waals surface area (Å²) >= 11 is 1.19. The van der Waals surface area contributed by atoms with Crippen LogP contribution < -0.4 is 22.1 Å². The van der Waals surface area contributed by atoms with Gasteiger partial charge in [-0.2, -0.15) is 23.4 Å². The summed E-state index contributed by atoms with van der Waals surface area (Å²) in [5.74, 6) is -0.579. The highest BCUT2D eigenvalue weighted by atomic mass is 32.2. The molecule has 0 aliphatic carbocycles. The van der Waals surface area contributed by atoms with E-state index in [2.05, 4.69) is 20.6 Å². The summed E-state index contributed by atoms with van der Waals surface area (Å²) in [7, 11) is 0. The van der Waals surface area contributed by atoms with Crippen LogP contribution >= 0.6 is 11.8 Å². The molecule has 0 fully saturated rings. The molecule has 0 bridgehead atoms. The third-order valence-corrected chi connectivity index (χ3v) is 4.91. The molecule has 6 N–H and O–H groups in total. The van der Waals surface area contributed by atoms with Crippen LogP contribution in [0.15, 0.2) is 29.3 Å². The zero-order chi connectivity index (χ0) is 23.0. The van der Waals surface area contributed by atoms with Crippen molar-refractivity contribution in [2.45, 2.75) is 36.5 Å². The molecular formula is C19H22F3N7OS. The lowest BCUT2D eigenvalue weighted by Crippen LogP contribution is -2.35. The Balaban J connectivity index is 2.30. The van der Waals surface area contributed by atoms with Crippen molar-refractivity contribution in [3.8, 4) is 6.07 Å². The van der Waals surface area contributed by atoms with Crippen LogP contribution in [0.3, 0.4) is 0 Å². The summed E-state index contributed by atoms with van der Waals surface area (Å²) in [6.45, 7) is 0.419. The van der Waals surface area contributed by atoms with Crippen LogP contribution in [-0.4, -0.2) is 34.7 Å². The van der Waals surface area contributed by atoms with Gasteiger partial charge in [-0.25, -0.2) is 4.98 Å². The van der Waals surface area contributed by atoms with Gasteiger partial charge < -0.3 is 22.1 Å². The fourth-order valence-corrected chi connectivity index (χ4v) is 3.27. The molecule has 0 radical (unpaired) electrons. The zero-order valence-corrected chi connectivity index (χ0v) is 17.5. The van der Waals surface area contributed by atoms with Crippen molar-refractivity contribution in [3.63, 3.8) is 0 Å². The van der Waals surface area contributed by atoms with E-state index < -0.39 is 23.7 Å². The number of nitrogens with zero attached hydrogens (tertiary/aromatic N) is 3. The average Bonchev–Trinajstić information content (AvgIpc) is 2.72. The van der Waals surface area contributed by atoms with Gasteiger partial charge in [0.05, 0.1) is 5.56 Å². The number of carbonyl (C=O) groups excluding carboxylic acids is 1. The second kappa shape index (κ2) is 10.8. The minimum Gasteiger partial charge on any atom is -0.368 e. The number of unbranched alkanes of at least 4 members (excludes halogenated alkanes) is 1. The lowest BCUT2D eigenvalue weighted by Gasteiger charge is -2.20. The fraction of sp³-hybridized carbons (Fsp3) is 0.368. The summed E-state index contributed by atoms with van der Waals surface area (Å²) in [5.41, 5.74) is 10.5. The maximum atomic E-state index is 13.0. The summed E-state index contributed by atoms with van der Waals surface area (Å²) in [4.78, 5) is 20.9. The Morgan fingerprint density at radius 1 is 1.32 bits per heavy atom. The highest BCUT2D eigenvalue weighted by Gasteiger charge is 2.31. The molecule has 1 aromatic heterocycles. The lowest BCUT2D eigenvalue weighted by atomic mass is 10.1. The van der Waals surface area contributed by atoms with Crippen LogP contribution in [0.1, 0.15) is 30.4 Å². The number of thioether (sulfide) groups is 1. The predicted molar refractivity (Wildman–Crippen MR) is 113 cm³/mol. The SMILES string of the molecule is CSc1nc(N)nc(NC(CCCCN)C(=O)Nc2cccc(C(F)(F)F)c2)c1C#N. The second-order valence-corrected chi connectivity index (χ2v) is 7.27. The number of rotatable bonds is 9. The normalized spacial score (nSPS) is 12.1. The molecule has 1 amide bonds. The molecule has 2 aromatic rings. The van der Waals surface area contributed by atoms with Crippen molar-refractivity contribution in [2.24, 2.45) is 5.73 Å². The summed E-state index contributed by atoms with van der Waals surface area (Å²) in [6.07, 6.45) is -1.30. The molecule has 0 aliphatic rings. The van der Waals surface area contributed by atoms with Crippen LogP contribution in [-0.2, 0) is 11.0 Å². The highest BCUT2D eigenvalue weighted by Crippen LogP contribution is 2.31. The Morgan fingerprint density at radius 2 is 2.06 bits per heavy atom. The van der Waals surface area contributed by atoms with Crippen LogP contribution in [0.5, 0.6) is 0 Å². The molecule has 1 aromatic carbocycles. The second-order valence-electron chi connectivity index (χ2n) is 6.48. The van der Waals surface area contributed by atoms with Gasteiger partial charge in [0.25, 0.3) is 0 Å².